The zero-order valence-corrected chi connectivity index (χ0v) is 16.0. The van der Waals surface area contributed by atoms with Crippen molar-refractivity contribution in [2.45, 2.75) is 23.0 Å². The van der Waals surface area contributed by atoms with Gasteiger partial charge in [0.25, 0.3) is 0 Å². The Balaban J connectivity index is 2.72. The van der Waals surface area contributed by atoms with Crippen LogP contribution in [0.3, 0.4) is 0 Å². The van der Waals surface area contributed by atoms with Crippen molar-refractivity contribution in [2.75, 3.05) is 6.79 Å². The standard InChI is InChI=1S/C13H13F8N5O5S/c14-12(15,16)10-7(11(27)29-4-30-26-25-28)2-5-1-6(32(17,18,19,20)21)3-8(9(5)31-10)13(22,23)24/h1-3,10H,4,22-24H2,(H,26,28). The van der Waals surface area contributed by atoms with Crippen LogP contribution in [0.2, 0.25) is 0 Å². The van der Waals surface area contributed by atoms with Gasteiger partial charge in [0.1, 0.15) is 16.4 Å². The van der Waals surface area contributed by atoms with Crippen LogP contribution in [0.15, 0.2) is 27.9 Å². The molecule has 7 N–H and O–H groups in total. The van der Waals surface area contributed by atoms with Crippen LogP contribution in [-0.4, -0.2) is 25.0 Å². The summed E-state index contributed by atoms with van der Waals surface area (Å²) in [5.74, 6) is -5.82. The molecule has 1 atom stereocenters. The van der Waals surface area contributed by atoms with Crippen molar-refractivity contribution in [2.24, 2.45) is 22.5 Å². The Hall–Kier alpha value is -2.74. The molecule has 0 radical (unpaired) electrons. The molecule has 10 nitrogen and oxygen atoms in total. The average Bonchev–Trinajstić information content (AvgIpc) is 2.59. The molecule has 0 amide bonds. The molecule has 1 unspecified atom stereocenters. The highest BCUT2D eigenvalue weighted by Gasteiger charge is 2.66. The molecule has 1 aliphatic rings. The molecule has 1 aliphatic heterocycles. The Morgan fingerprint density at radius 1 is 1.16 bits per heavy atom. The molecule has 0 aliphatic carbocycles. The largest absolute Gasteiger partial charge is 0.475 e. The number of nitrogens with zero attached hydrogens (tertiary/aromatic N) is 1. The van der Waals surface area contributed by atoms with E-state index in [1.54, 1.807) is 0 Å². The number of rotatable bonds is 7. The Labute approximate surface area is 172 Å². The van der Waals surface area contributed by atoms with E-state index in [2.05, 4.69) is 14.3 Å². The Morgan fingerprint density at radius 2 is 1.75 bits per heavy atom. The molecular formula is C13H13F8N5O5S. The monoisotopic (exact) mass is 503 g/mol. The lowest BCUT2D eigenvalue weighted by molar-refractivity contribution is -0.191. The lowest BCUT2D eigenvalue weighted by Gasteiger charge is -2.42. The number of hydrogen-bond acceptors (Lipinski definition) is 9. The molecular weight excluding hydrogens is 490 g/mol. The molecule has 182 valence electrons. The second kappa shape index (κ2) is 7.13. The minimum atomic E-state index is -10.4. The van der Waals surface area contributed by atoms with Crippen LogP contribution < -0.4 is 27.5 Å². The highest BCUT2D eigenvalue weighted by molar-refractivity contribution is 8.45. The van der Waals surface area contributed by atoms with Gasteiger partial charge >= 0.3 is 22.4 Å². The molecule has 0 fully saturated rings. The van der Waals surface area contributed by atoms with Crippen LogP contribution in [0.25, 0.3) is 6.08 Å². The molecule has 0 spiro atoms. The third kappa shape index (κ3) is 5.73. The number of benzene rings is 1. The van der Waals surface area contributed by atoms with E-state index < -0.39 is 68.4 Å². The van der Waals surface area contributed by atoms with Gasteiger partial charge in [-0.25, -0.2) is 9.63 Å². The fourth-order valence-electron chi connectivity index (χ4n) is 2.46. The minimum absolute atomic E-state index is 0.160. The molecule has 1 heterocycles. The number of carbonyl (C=O) groups is 1. The number of hydrogen-bond donors (Lipinski definition) is 4. The normalized spacial score (nSPS) is 19.0. The smallest absolute Gasteiger partial charge is 0.430 e. The quantitative estimate of drug-likeness (QED) is 0.109. The van der Waals surface area contributed by atoms with E-state index in [9.17, 15) is 42.3 Å². The molecule has 19 heteroatoms. The summed E-state index contributed by atoms with van der Waals surface area (Å²) in [6.45, 7) is -1.17. The van der Waals surface area contributed by atoms with Crippen molar-refractivity contribution in [3.8, 4) is 5.75 Å². The molecule has 0 saturated carbocycles. The van der Waals surface area contributed by atoms with Gasteiger partial charge in [0.15, 0.2) is 0 Å². The van der Waals surface area contributed by atoms with E-state index in [1.165, 1.54) is 5.59 Å². The van der Waals surface area contributed by atoms with Crippen LogP contribution in [0.4, 0.5) is 32.6 Å². The van der Waals surface area contributed by atoms with E-state index in [-0.39, 0.29) is 18.2 Å². The maximum absolute atomic E-state index is 13.4. The van der Waals surface area contributed by atoms with E-state index in [4.69, 9.17) is 17.2 Å². The van der Waals surface area contributed by atoms with Crippen LogP contribution >= 0.6 is 10.2 Å². The molecule has 32 heavy (non-hydrogen) atoms. The summed E-state index contributed by atoms with van der Waals surface area (Å²) in [5, 5.41) is 1.96. The summed E-state index contributed by atoms with van der Waals surface area (Å²) < 4.78 is 116. The Morgan fingerprint density at radius 3 is 2.22 bits per heavy atom. The van der Waals surface area contributed by atoms with Crippen molar-refractivity contribution in [3.05, 3.63) is 33.7 Å². The summed E-state index contributed by atoms with van der Waals surface area (Å²) in [5.41, 5.74) is 13.3. The van der Waals surface area contributed by atoms with Gasteiger partial charge in [0.05, 0.1) is 10.9 Å². The number of nitrogens with one attached hydrogen (secondary N) is 1. The van der Waals surface area contributed by atoms with Crippen LogP contribution in [0.1, 0.15) is 11.1 Å². The SMILES string of the molecule is NC(N)(N)c1cc(S(F)(F)(F)(F)F)cc2c1OC(C(F)(F)F)C(C(=O)OCONN=O)=C2. The number of nitroso groups, excluding NO2 is 1. The first-order valence-electron chi connectivity index (χ1n) is 7.75. The minimum Gasteiger partial charge on any atom is -0.475 e. The van der Waals surface area contributed by atoms with Gasteiger partial charge in [0.2, 0.25) is 12.9 Å². The average molecular weight is 503 g/mol. The first-order chi connectivity index (χ1) is 14.1. The highest BCUT2D eigenvalue weighted by atomic mass is 32.5. The number of ether oxygens (including phenoxy) is 2. The summed E-state index contributed by atoms with van der Waals surface area (Å²) in [6.07, 6.45) is -8.35. The molecule has 0 aromatic heterocycles. The van der Waals surface area contributed by atoms with Crippen LogP contribution in [-0.2, 0) is 20.2 Å². The third-order valence-electron chi connectivity index (χ3n) is 3.72. The summed E-state index contributed by atoms with van der Waals surface area (Å²) >= 11 is 0. The summed E-state index contributed by atoms with van der Waals surface area (Å²) in [7, 11) is -10.4. The van der Waals surface area contributed by atoms with E-state index in [0.717, 1.165) is 0 Å². The fraction of sp³-hybridized carbons (Fsp3) is 0.308. The molecule has 0 bridgehead atoms. The van der Waals surface area contributed by atoms with Gasteiger partial charge in [-0.2, -0.15) is 13.2 Å². The number of carbonyl (C=O) groups excluding carboxylic acids is 1. The van der Waals surface area contributed by atoms with Gasteiger partial charge in [0, 0.05) is 11.1 Å². The molecule has 1 aromatic rings. The second-order valence-corrected chi connectivity index (χ2v) is 8.72. The number of halogens is 8. The maximum Gasteiger partial charge on any atom is 0.430 e. The van der Waals surface area contributed by atoms with E-state index >= 15 is 0 Å². The third-order valence-corrected chi connectivity index (χ3v) is 4.84. The van der Waals surface area contributed by atoms with Crippen molar-refractivity contribution >= 4 is 22.3 Å². The van der Waals surface area contributed by atoms with Gasteiger partial charge in [-0.15, -0.1) is 10.5 Å². The van der Waals surface area contributed by atoms with Gasteiger partial charge in [-0.05, 0) is 18.2 Å². The topological polar surface area (TPSA) is 164 Å². The van der Waals surface area contributed by atoms with Gasteiger partial charge in [-0.3, -0.25) is 17.2 Å². The fourth-order valence-corrected chi connectivity index (χ4v) is 3.15. The Kier molecular flexibility index (Phi) is 5.69. The van der Waals surface area contributed by atoms with Gasteiger partial charge in [-0.1, -0.05) is 19.4 Å². The van der Waals surface area contributed by atoms with E-state index in [0.29, 0.717) is 0 Å². The van der Waals surface area contributed by atoms with E-state index in [1.807, 2.05) is 5.29 Å². The van der Waals surface area contributed by atoms with Crippen molar-refractivity contribution in [1.82, 2.24) is 5.59 Å². The summed E-state index contributed by atoms with van der Waals surface area (Å²) in [6, 6.07) is -0.600. The van der Waals surface area contributed by atoms with Crippen molar-refractivity contribution in [1.29, 1.82) is 0 Å². The second-order valence-electron chi connectivity index (χ2n) is 6.31. The first kappa shape index (κ1) is 25.5. The van der Waals surface area contributed by atoms with Crippen LogP contribution in [0.5, 0.6) is 5.75 Å². The Bertz CT molecular complexity index is 977. The van der Waals surface area contributed by atoms with Crippen LogP contribution in [0, 0.1) is 4.91 Å². The lowest BCUT2D eigenvalue weighted by atomic mass is 9.96. The van der Waals surface area contributed by atoms with Crippen molar-refractivity contribution < 1.29 is 51.7 Å². The first-order valence-corrected chi connectivity index (χ1v) is 9.71. The molecule has 0 saturated heterocycles. The summed E-state index contributed by atoms with van der Waals surface area (Å²) in [4.78, 5) is 23.2. The maximum atomic E-state index is 13.4. The molecule has 2 rings (SSSR count). The molecule has 1 aromatic carbocycles. The predicted octanol–water partition coefficient (Wildman–Crippen LogP) is 2.74. The number of esters is 1. The van der Waals surface area contributed by atoms with Gasteiger partial charge < -0.3 is 9.47 Å². The number of alkyl halides is 3. The number of fused-ring (bicyclic) bond motifs is 1. The predicted molar refractivity (Wildman–Crippen MR) is 91.5 cm³/mol. The zero-order valence-electron chi connectivity index (χ0n) is 15.2. The number of nitrogens with two attached hydrogens (primary N) is 3. The lowest BCUT2D eigenvalue weighted by Crippen LogP contribution is -2.55. The highest BCUT2D eigenvalue weighted by Crippen LogP contribution is 3.02. The van der Waals surface area contributed by atoms with Crippen molar-refractivity contribution in [3.63, 3.8) is 0 Å². The zero-order chi connectivity index (χ0) is 24.8.